The van der Waals surface area contributed by atoms with Gasteiger partial charge in [0.2, 0.25) is 0 Å². The summed E-state index contributed by atoms with van der Waals surface area (Å²) in [5.74, 6) is -0.0955. The Labute approximate surface area is 142 Å². The Hall–Kier alpha value is -2.11. The summed E-state index contributed by atoms with van der Waals surface area (Å²) in [6.07, 6.45) is 1.23. The summed E-state index contributed by atoms with van der Waals surface area (Å²) < 4.78 is 18.1. The summed E-state index contributed by atoms with van der Waals surface area (Å²) in [4.78, 5) is 25.8. The van der Waals surface area contributed by atoms with Crippen LogP contribution < -0.4 is 5.32 Å². The smallest absolute Gasteiger partial charge is 0.407 e. The lowest BCUT2D eigenvalue weighted by Crippen LogP contribution is -2.42. The average molecular weight is 336 g/mol. The third kappa shape index (κ3) is 5.51. The van der Waals surface area contributed by atoms with Gasteiger partial charge in [-0.2, -0.15) is 0 Å². The second-order valence-corrected chi connectivity index (χ2v) is 7.13. The number of rotatable bonds is 3. The normalized spacial score (nSPS) is 15.9. The summed E-state index contributed by atoms with van der Waals surface area (Å²) in [5.41, 5.74) is -0.00333. The standard InChI is InChI=1S/C18H25FN2O3/c1-18(2,3)24-17(23)20-12-13-8-10-21(11-9-13)16(22)14-4-6-15(19)7-5-14/h4-7,13H,8-12H2,1-3H3,(H,20,23). The van der Waals surface area contributed by atoms with Crippen molar-refractivity contribution in [1.29, 1.82) is 0 Å². The molecule has 0 radical (unpaired) electrons. The quantitative estimate of drug-likeness (QED) is 0.922. The first-order valence-corrected chi connectivity index (χ1v) is 8.26. The third-order valence-electron chi connectivity index (χ3n) is 3.93. The van der Waals surface area contributed by atoms with Crippen LogP contribution in [0.1, 0.15) is 44.0 Å². The van der Waals surface area contributed by atoms with E-state index in [4.69, 9.17) is 4.74 Å². The molecule has 0 aromatic heterocycles. The van der Waals surface area contributed by atoms with E-state index in [-0.39, 0.29) is 11.7 Å². The number of benzene rings is 1. The fourth-order valence-corrected chi connectivity index (χ4v) is 2.66. The van der Waals surface area contributed by atoms with E-state index in [0.29, 0.717) is 31.1 Å². The summed E-state index contributed by atoms with van der Waals surface area (Å²) in [6.45, 7) is 7.30. The van der Waals surface area contributed by atoms with Crippen molar-refractivity contribution < 1.29 is 18.7 Å². The molecule has 0 atom stereocenters. The molecule has 1 saturated heterocycles. The van der Waals surface area contributed by atoms with Crippen LogP contribution in [0.3, 0.4) is 0 Å². The lowest BCUT2D eigenvalue weighted by atomic mass is 9.96. The highest BCUT2D eigenvalue weighted by Gasteiger charge is 2.24. The van der Waals surface area contributed by atoms with E-state index in [1.54, 1.807) is 4.90 Å². The van der Waals surface area contributed by atoms with Gasteiger partial charge in [0, 0.05) is 25.2 Å². The summed E-state index contributed by atoms with van der Waals surface area (Å²) in [5, 5.41) is 2.78. The molecule has 1 fully saturated rings. The largest absolute Gasteiger partial charge is 0.444 e. The van der Waals surface area contributed by atoms with Gasteiger partial charge in [-0.3, -0.25) is 4.79 Å². The Kier molecular flexibility index (Phi) is 5.80. The van der Waals surface area contributed by atoms with Gasteiger partial charge < -0.3 is 15.0 Å². The lowest BCUT2D eigenvalue weighted by molar-refractivity contribution is 0.0500. The second-order valence-electron chi connectivity index (χ2n) is 7.13. The molecule has 0 unspecified atom stereocenters. The molecule has 1 aromatic carbocycles. The van der Waals surface area contributed by atoms with Crippen LogP contribution in [-0.4, -0.2) is 42.1 Å². The van der Waals surface area contributed by atoms with E-state index in [0.717, 1.165) is 12.8 Å². The first-order valence-electron chi connectivity index (χ1n) is 8.26. The van der Waals surface area contributed by atoms with E-state index in [9.17, 15) is 14.0 Å². The SMILES string of the molecule is CC(C)(C)OC(=O)NCC1CCN(C(=O)c2ccc(F)cc2)CC1. The van der Waals surface area contributed by atoms with E-state index in [1.165, 1.54) is 24.3 Å². The Morgan fingerprint density at radius 1 is 1.21 bits per heavy atom. The molecule has 1 N–H and O–H groups in total. The molecule has 0 spiro atoms. The number of likely N-dealkylation sites (tertiary alicyclic amines) is 1. The molecule has 2 rings (SSSR count). The molecule has 6 heteroatoms. The van der Waals surface area contributed by atoms with Crippen molar-refractivity contribution in [2.24, 2.45) is 5.92 Å². The van der Waals surface area contributed by atoms with Crippen LogP contribution in [0.15, 0.2) is 24.3 Å². The van der Waals surface area contributed by atoms with Crippen LogP contribution in [0.4, 0.5) is 9.18 Å². The zero-order chi connectivity index (χ0) is 17.7. The minimum absolute atomic E-state index is 0.0754. The third-order valence-corrected chi connectivity index (χ3v) is 3.93. The predicted octanol–water partition coefficient (Wildman–Crippen LogP) is 3.20. The van der Waals surface area contributed by atoms with Crippen molar-refractivity contribution in [2.75, 3.05) is 19.6 Å². The number of alkyl carbamates (subject to hydrolysis) is 1. The number of ether oxygens (including phenoxy) is 1. The maximum Gasteiger partial charge on any atom is 0.407 e. The molecule has 24 heavy (non-hydrogen) atoms. The topological polar surface area (TPSA) is 58.6 Å². The monoisotopic (exact) mass is 336 g/mol. The summed E-state index contributed by atoms with van der Waals surface area (Å²) >= 11 is 0. The minimum Gasteiger partial charge on any atom is -0.444 e. The highest BCUT2D eigenvalue weighted by molar-refractivity contribution is 5.94. The molecule has 1 heterocycles. The minimum atomic E-state index is -0.505. The highest BCUT2D eigenvalue weighted by Crippen LogP contribution is 2.19. The van der Waals surface area contributed by atoms with Crippen molar-refractivity contribution in [3.05, 3.63) is 35.6 Å². The molecule has 0 bridgehead atoms. The van der Waals surface area contributed by atoms with E-state index >= 15 is 0 Å². The van der Waals surface area contributed by atoms with Gasteiger partial charge in [-0.1, -0.05) is 0 Å². The molecule has 132 valence electrons. The van der Waals surface area contributed by atoms with E-state index in [1.807, 2.05) is 20.8 Å². The van der Waals surface area contributed by atoms with Gasteiger partial charge in [-0.05, 0) is 63.8 Å². The van der Waals surface area contributed by atoms with Crippen LogP contribution in [0.25, 0.3) is 0 Å². The summed E-state index contributed by atoms with van der Waals surface area (Å²) in [6, 6.07) is 5.61. The molecule has 1 aliphatic rings. The second kappa shape index (κ2) is 7.64. The number of hydrogen-bond donors (Lipinski definition) is 1. The number of halogens is 1. The van der Waals surface area contributed by atoms with Gasteiger partial charge in [0.25, 0.3) is 5.91 Å². The number of carbonyl (C=O) groups excluding carboxylic acids is 2. The van der Waals surface area contributed by atoms with E-state index in [2.05, 4.69) is 5.32 Å². The molecule has 1 aromatic rings. The van der Waals surface area contributed by atoms with Gasteiger partial charge in [0.1, 0.15) is 11.4 Å². The van der Waals surface area contributed by atoms with Crippen LogP contribution >= 0.6 is 0 Å². The molecular formula is C18H25FN2O3. The maximum atomic E-state index is 12.9. The Balaban J connectivity index is 1.76. The number of nitrogens with zero attached hydrogens (tertiary/aromatic N) is 1. The fraction of sp³-hybridized carbons (Fsp3) is 0.556. The number of carbonyl (C=O) groups is 2. The Morgan fingerprint density at radius 3 is 2.33 bits per heavy atom. The van der Waals surface area contributed by atoms with Gasteiger partial charge in [-0.25, -0.2) is 9.18 Å². The van der Waals surface area contributed by atoms with Gasteiger partial charge in [-0.15, -0.1) is 0 Å². The zero-order valence-electron chi connectivity index (χ0n) is 14.5. The zero-order valence-corrected chi connectivity index (χ0v) is 14.5. The van der Waals surface area contributed by atoms with Gasteiger partial charge in [0.15, 0.2) is 0 Å². The number of piperidine rings is 1. The lowest BCUT2D eigenvalue weighted by Gasteiger charge is -2.32. The van der Waals surface area contributed by atoms with Crippen molar-refractivity contribution in [3.8, 4) is 0 Å². The van der Waals surface area contributed by atoms with Crippen LogP contribution in [0.2, 0.25) is 0 Å². The van der Waals surface area contributed by atoms with Gasteiger partial charge in [0.05, 0.1) is 0 Å². The van der Waals surface area contributed by atoms with Crippen LogP contribution in [0.5, 0.6) is 0 Å². The molecular weight excluding hydrogens is 311 g/mol. The Bertz CT molecular complexity index is 573. The molecule has 2 amide bonds. The van der Waals surface area contributed by atoms with E-state index < -0.39 is 11.7 Å². The van der Waals surface area contributed by atoms with Crippen LogP contribution in [-0.2, 0) is 4.74 Å². The predicted molar refractivity (Wildman–Crippen MR) is 89.3 cm³/mol. The van der Waals surface area contributed by atoms with Crippen LogP contribution in [0, 0.1) is 11.7 Å². The van der Waals surface area contributed by atoms with Crippen molar-refractivity contribution in [2.45, 2.75) is 39.2 Å². The Morgan fingerprint density at radius 2 is 1.79 bits per heavy atom. The fourth-order valence-electron chi connectivity index (χ4n) is 2.66. The summed E-state index contributed by atoms with van der Waals surface area (Å²) in [7, 11) is 0. The maximum absolute atomic E-state index is 12.9. The van der Waals surface area contributed by atoms with Gasteiger partial charge >= 0.3 is 6.09 Å². The number of nitrogens with one attached hydrogen (secondary N) is 1. The number of amides is 2. The molecule has 1 aliphatic heterocycles. The van der Waals surface area contributed by atoms with Crippen molar-refractivity contribution in [3.63, 3.8) is 0 Å². The molecule has 0 aliphatic carbocycles. The first-order chi connectivity index (χ1) is 11.2. The number of hydrogen-bond acceptors (Lipinski definition) is 3. The first kappa shape index (κ1) is 18.2. The molecule has 5 nitrogen and oxygen atoms in total. The average Bonchev–Trinajstić information content (AvgIpc) is 2.52. The van der Waals surface area contributed by atoms with Crippen molar-refractivity contribution in [1.82, 2.24) is 10.2 Å². The highest BCUT2D eigenvalue weighted by atomic mass is 19.1. The van der Waals surface area contributed by atoms with Crippen molar-refractivity contribution >= 4 is 12.0 Å². The molecule has 0 saturated carbocycles.